The van der Waals surface area contributed by atoms with Crippen molar-refractivity contribution in [3.05, 3.63) is 69.7 Å². The number of aliphatic hydroxyl groups excluding tert-OH is 2. The summed E-state index contributed by atoms with van der Waals surface area (Å²) in [5.74, 6) is 0. The minimum absolute atomic E-state index is 0.518. The average Bonchev–Trinajstić information content (AvgIpc) is 2.37. The van der Waals surface area contributed by atoms with Gasteiger partial charge in [-0.3, -0.25) is 0 Å². The predicted molar refractivity (Wildman–Crippen MR) is 72.8 cm³/mol. The van der Waals surface area contributed by atoms with Crippen molar-refractivity contribution >= 4 is 23.2 Å². The highest BCUT2D eigenvalue weighted by Crippen LogP contribution is 2.30. The van der Waals surface area contributed by atoms with Crippen molar-refractivity contribution in [2.75, 3.05) is 0 Å². The van der Waals surface area contributed by atoms with Gasteiger partial charge in [0.15, 0.2) is 0 Å². The van der Waals surface area contributed by atoms with Crippen LogP contribution in [0.3, 0.4) is 0 Å². The zero-order valence-electron chi connectivity index (χ0n) is 9.42. The van der Waals surface area contributed by atoms with Gasteiger partial charge in [0, 0.05) is 10.0 Å². The van der Waals surface area contributed by atoms with Crippen molar-refractivity contribution in [2.24, 2.45) is 0 Å². The molecule has 0 heterocycles. The molecule has 2 nitrogen and oxygen atoms in total. The van der Waals surface area contributed by atoms with Gasteiger partial charge in [-0.1, -0.05) is 47.5 Å². The fraction of sp³-hybridized carbons (Fsp3) is 0.143. The Labute approximate surface area is 115 Å². The summed E-state index contributed by atoms with van der Waals surface area (Å²) in [6.07, 6.45) is -2.08. The summed E-state index contributed by atoms with van der Waals surface area (Å²) in [6.45, 7) is 0. The Hall–Kier alpha value is -1.06. The van der Waals surface area contributed by atoms with E-state index in [9.17, 15) is 10.2 Å². The second kappa shape index (κ2) is 5.72. The summed E-state index contributed by atoms with van der Waals surface area (Å²) in [4.78, 5) is 0. The fourth-order valence-corrected chi connectivity index (χ4v) is 2.14. The largest absolute Gasteiger partial charge is 0.385 e. The van der Waals surface area contributed by atoms with Gasteiger partial charge in [0.25, 0.3) is 0 Å². The van der Waals surface area contributed by atoms with Crippen molar-refractivity contribution in [1.82, 2.24) is 0 Å². The number of rotatable bonds is 3. The highest BCUT2D eigenvalue weighted by Gasteiger charge is 2.20. The van der Waals surface area contributed by atoms with Crippen LogP contribution in [0, 0.1) is 0 Å². The summed E-state index contributed by atoms with van der Waals surface area (Å²) >= 11 is 11.7. The van der Waals surface area contributed by atoms with E-state index in [1.165, 1.54) is 0 Å². The van der Waals surface area contributed by atoms with Gasteiger partial charge in [-0.05, 0) is 35.4 Å². The van der Waals surface area contributed by atoms with E-state index >= 15 is 0 Å². The quantitative estimate of drug-likeness (QED) is 0.900. The van der Waals surface area contributed by atoms with E-state index in [0.29, 0.717) is 21.2 Å². The van der Waals surface area contributed by atoms with Crippen molar-refractivity contribution in [2.45, 2.75) is 12.2 Å². The van der Waals surface area contributed by atoms with Crippen molar-refractivity contribution in [1.29, 1.82) is 0 Å². The molecule has 18 heavy (non-hydrogen) atoms. The molecule has 0 bridgehead atoms. The zero-order chi connectivity index (χ0) is 13.1. The summed E-state index contributed by atoms with van der Waals surface area (Å²) in [5, 5.41) is 21.2. The van der Waals surface area contributed by atoms with Crippen molar-refractivity contribution < 1.29 is 10.2 Å². The van der Waals surface area contributed by atoms with Gasteiger partial charge in [-0.15, -0.1) is 0 Å². The first-order chi connectivity index (χ1) is 8.58. The van der Waals surface area contributed by atoms with Crippen LogP contribution in [0.25, 0.3) is 0 Å². The van der Waals surface area contributed by atoms with Crippen LogP contribution < -0.4 is 0 Å². The molecule has 0 radical (unpaired) electrons. The van der Waals surface area contributed by atoms with Crippen LogP contribution in [-0.4, -0.2) is 10.2 Å². The van der Waals surface area contributed by atoms with Crippen LogP contribution in [0.4, 0.5) is 0 Å². The SMILES string of the molecule is O[C@H](c1cccc(Cl)c1)[C@@H](O)c1cccc(Cl)c1. The van der Waals surface area contributed by atoms with Crippen molar-refractivity contribution in [3.8, 4) is 0 Å². The molecule has 2 aromatic rings. The first-order valence-corrected chi connectivity index (χ1v) is 6.20. The molecule has 0 fully saturated rings. The smallest absolute Gasteiger partial charge is 0.109 e. The van der Waals surface area contributed by atoms with E-state index < -0.39 is 12.2 Å². The Morgan fingerprint density at radius 1 is 0.722 bits per heavy atom. The molecule has 2 rings (SSSR count). The molecule has 2 aromatic carbocycles. The molecule has 0 aromatic heterocycles. The van der Waals surface area contributed by atoms with Crippen LogP contribution in [-0.2, 0) is 0 Å². The number of hydrogen-bond donors (Lipinski definition) is 2. The zero-order valence-corrected chi connectivity index (χ0v) is 10.9. The minimum Gasteiger partial charge on any atom is -0.385 e. The van der Waals surface area contributed by atoms with Crippen LogP contribution in [0.2, 0.25) is 10.0 Å². The molecule has 4 heteroatoms. The van der Waals surface area contributed by atoms with Crippen LogP contribution >= 0.6 is 23.2 Å². The lowest BCUT2D eigenvalue weighted by Gasteiger charge is -2.19. The maximum Gasteiger partial charge on any atom is 0.109 e. The van der Waals surface area contributed by atoms with Crippen LogP contribution in [0.1, 0.15) is 23.3 Å². The van der Waals surface area contributed by atoms with Gasteiger partial charge in [0.2, 0.25) is 0 Å². The van der Waals surface area contributed by atoms with Gasteiger partial charge in [-0.2, -0.15) is 0 Å². The summed E-state index contributed by atoms with van der Waals surface area (Å²) in [5.41, 5.74) is 1.13. The average molecular weight is 283 g/mol. The Balaban J connectivity index is 2.26. The molecule has 2 atom stereocenters. The topological polar surface area (TPSA) is 40.5 Å². The molecule has 0 amide bonds. The molecule has 0 unspecified atom stereocenters. The third-order valence-electron chi connectivity index (χ3n) is 2.68. The number of aliphatic hydroxyl groups is 2. The number of hydrogen-bond acceptors (Lipinski definition) is 2. The highest BCUT2D eigenvalue weighted by atomic mass is 35.5. The van der Waals surface area contributed by atoms with Crippen molar-refractivity contribution in [3.63, 3.8) is 0 Å². The fourth-order valence-electron chi connectivity index (χ4n) is 1.75. The van der Waals surface area contributed by atoms with Gasteiger partial charge in [0.1, 0.15) is 12.2 Å². The van der Waals surface area contributed by atoms with Crippen LogP contribution in [0.15, 0.2) is 48.5 Å². The Morgan fingerprint density at radius 3 is 1.44 bits per heavy atom. The maximum absolute atomic E-state index is 10.1. The van der Waals surface area contributed by atoms with Crippen LogP contribution in [0.5, 0.6) is 0 Å². The second-order valence-electron chi connectivity index (χ2n) is 4.00. The van der Waals surface area contributed by atoms with E-state index in [0.717, 1.165) is 0 Å². The first-order valence-electron chi connectivity index (χ1n) is 5.45. The van der Waals surface area contributed by atoms with E-state index in [1.54, 1.807) is 48.5 Å². The monoisotopic (exact) mass is 282 g/mol. The lowest BCUT2D eigenvalue weighted by atomic mass is 9.98. The Morgan fingerprint density at radius 2 is 1.11 bits per heavy atom. The van der Waals surface area contributed by atoms with Gasteiger partial charge < -0.3 is 10.2 Å². The summed E-state index contributed by atoms with van der Waals surface area (Å²) < 4.78 is 0. The second-order valence-corrected chi connectivity index (χ2v) is 4.87. The molecule has 0 spiro atoms. The third kappa shape index (κ3) is 3.03. The van der Waals surface area contributed by atoms with E-state index in [4.69, 9.17) is 23.2 Å². The van der Waals surface area contributed by atoms with Gasteiger partial charge in [-0.25, -0.2) is 0 Å². The minimum atomic E-state index is -1.04. The Kier molecular flexibility index (Phi) is 4.25. The molecule has 0 saturated carbocycles. The maximum atomic E-state index is 10.1. The standard InChI is InChI=1S/C14H12Cl2O2/c15-11-5-1-3-9(7-11)13(17)14(18)10-4-2-6-12(16)8-10/h1-8,13-14,17-18H/t13-,14+. The molecule has 94 valence electrons. The third-order valence-corrected chi connectivity index (χ3v) is 3.15. The lowest BCUT2D eigenvalue weighted by molar-refractivity contribution is 0.0172. The summed E-state index contributed by atoms with van der Waals surface area (Å²) in [7, 11) is 0. The van der Waals surface area contributed by atoms with E-state index in [-0.39, 0.29) is 0 Å². The molecule has 0 aliphatic heterocycles. The molecule has 0 aliphatic rings. The first kappa shape index (κ1) is 13.4. The molecular weight excluding hydrogens is 271 g/mol. The number of benzene rings is 2. The molecule has 0 aliphatic carbocycles. The van der Waals surface area contributed by atoms with E-state index in [1.807, 2.05) is 0 Å². The lowest BCUT2D eigenvalue weighted by Crippen LogP contribution is -2.10. The number of halogens is 2. The Bertz CT molecular complexity index is 493. The molecular formula is C14H12Cl2O2. The summed E-state index contributed by atoms with van der Waals surface area (Å²) in [6, 6.07) is 13.6. The van der Waals surface area contributed by atoms with Gasteiger partial charge in [0.05, 0.1) is 0 Å². The molecule has 2 N–H and O–H groups in total. The highest BCUT2D eigenvalue weighted by molar-refractivity contribution is 6.30. The van der Waals surface area contributed by atoms with Gasteiger partial charge >= 0.3 is 0 Å². The van der Waals surface area contributed by atoms with E-state index in [2.05, 4.69) is 0 Å². The normalized spacial score (nSPS) is 14.2. The predicted octanol–water partition coefficient (Wildman–Crippen LogP) is 3.76. The molecule has 0 saturated heterocycles.